The molecule has 0 unspecified atom stereocenters. The third kappa shape index (κ3) is 2.64. The van der Waals surface area contributed by atoms with E-state index in [9.17, 15) is 9.59 Å². The van der Waals surface area contributed by atoms with Crippen molar-refractivity contribution >= 4 is 11.9 Å². The van der Waals surface area contributed by atoms with Crippen molar-refractivity contribution in [1.29, 1.82) is 0 Å². The molecule has 0 amide bonds. The Hall–Kier alpha value is -1.84. The van der Waals surface area contributed by atoms with Crippen LogP contribution in [0.25, 0.3) is 0 Å². The van der Waals surface area contributed by atoms with E-state index >= 15 is 0 Å². The van der Waals surface area contributed by atoms with E-state index in [1.54, 1.807) is 26.0 Å². The Kier molecular flexibility index (Phi) is 3.56. The Bertz CT molecular complexity index is 417. The highest BCUT2D eigenvalue weighted by molar-refractivity contribution is 5.94. The summed E-state index contributed by atoms with van der Waals surface area (Å²) in [5, 5.41) is 18.0. The van der Waals surface area contributed by atoms with Crippen LogP contribution in [-0.2, 0) is 15.0 Å². The van der Waals surface area contributed by atoms with E-state index in [2.05, 4.69) is 0 Å². The summed E-state index contributed by atoms with van der Waals surface area (Å²) in [6, 6.07) is 7.23. The minimum Gasteiger partial charge on any atom is -0.481 e. The monoisotopic (exact) mass is 236 g/mol. The summed E-state index contributed by atoms with van der Waals surface area (Å²) in [7, 11) is 0. The van der Waals surface area contributed by atoms with Crippen LogP contribution in [0.15, 0.2) is 24.3 Å². The van der Waals surface area contributed by atoms with Gasteiger partial charge in [0.05, 0.1) is 0 Å². The Labute approximate surface area is 99.9 Å². The van der Waals surface area contributed by atoms with Gasteiger partial charge in [0.2, 0.25) is 0 Å². The van der Waals surface area contributed by atoms with E-state index in [-0.39, 0.29) is 0 Å². The topological polar surface area (TPSA) is 74.6 Å². The molecule has 1 aromatic rings. The minimum atomic E-state index is -1.45. The Balaban J connectivity index is 3.20. The maximum Gasteiger partial charge on any atom is 0.318 e. The predicted molar refractivity (Wildman–Crippen MR) is 63.0 cm³/mol. The molecule has 92 valence electrons. The van der Waals surface area contributed by atoms with E-state index in [0.29, 0.717) is 5.56 Å². The molecule has 0 heterocycles. The smallest absolute Gasteiger partial charge is 0.318 e. The van der Waals surface area contributed by atoms with Crippen LogP contribution in [0.2, 0.25) is 0 Å². The number of carboxylic acids is 2. The van der Waals surface area contributed by atoms with Crippen molar-refractivity contribution in [3.05, 3.63) is 35.4 Å². The molecule has 0 bridgehead atoms. The quantitative estimate of drug-likeness (QED) is 0.785. The van der Waals surface area contributed by atoms with E-state index < -0.39 is 23.3 Å². The lowest BCUT2D eigenvalue weighted by atomic mass is 9.73. The first-order chi connectivity index (χ1) is 7.76. The van der Waals surface area contributed by atoms with Gasteiger partial charge in [-0.2, -0.15) is 0 Å². The highest BCUT2D eigenvalue weighted by atomic mass is 16.4. The second kappa shape index (κ2) is 4.57. The van der Waals surface area contributed by atoms with Crippen molar-refractivity contribution in [2.24, 2.45) is 5.92 Å². The van der Waals surface area contributed by atoms with Crippen LogP contribution in [-0.4, -0.2) is 22.2 Å². The zero-order chi connectivity index (χ0) is 13.2. The number of hydrogen-bond donors (Lipinski definition) is 2. The van der Waals surface area contributed by atoms with Gasteiger partial charge in [0.15, 0.2) is 5.92 Å². The average molecular weight is 236 g/mol. The Morgan fingerprint density at radius 2 is 1.47 bits per heavy atom. The SMILES string of the molecule is Cc1ccc(C(C)(C)C(C(=O)O)C(=O)O)cc1. The molecule has 0 aliphatic carbocycles. The first kappa shape index (κ1) is 13.2. The number of carbonyl (C=O) groups is 2. The molecular weight excluding hydrogens is 220 g/mol. The maximum atomic E-state index is 11.0. The molecule has 0 aromatic heterocycles. The fourth-order valence-electron chi connectivity index (χ4n) is 1.87. The number of rotatable bonds is 4. The number of aliphatic carboxylic acids is 2. The Morgan fingerprint density at radius 1 is 1.06 bits per heavy atom. The third-order valence-electron chi connectivity index (χ3n) is 3.01. The molecule has 0 radical (unpaired) electrons. The molecule has 0 atom stereocenters. The highest BCUT2D eigenvalue weighted by Crippen LogP contribution is 2.32. The standard InChI is InChI=1S/C13H16O4/c1-8-4-6-9(7-5-8)13(2,3)10(11(14)15)12(16)17/h4-7,10H,1-3H3,(H,14,15)(H,16,17). The summed E-state index contributed by atoms with van der Waals surface area (Å²) in [5.41, 5.74) is 0.801. The second-order valence-corrected chi connectivity index (χ2v) is 4.70. The summed E-state index contributed by atoms with van der Waals surface area (Å²) < 4.78 is 0. The van der Waals surface area contributed by atoms with Crippen LogP contribution in [0.4, 0.5) is 0 Å². The van der Waals surface area contributed by atoms with E-state index in [4.69, 9.17) is 10.2 Å². The minimum absolute atomic E-state index is 0.706. The number of hydrogen-bond acceptors (Lipinski definition) is 2. The van der Waals surface area contributed by atoms with Crippen LogP contribution in [0, 0.1) is 12.8 Å². The average Bonchev–Trinajstić information content (AvgIpc) is 2.16. The largest absolute Gasteiger partial charge is 0.481 e. The predicted octanol–water partition coefficient (Wildman–Crippen LogP) is 2.06. The van der Waals surface area contributed by atoms with Crippen LogP contribution in [0.1, 0.15) is 25.0 Å². The molecule has 4 heteroatoms. The molecule has 0 fully saturated rings. The van der Waals surface area contributed by atoms with Crippen molar-refractivity contribution < 1.29 is 19.8 Å². The van der Waals surface area contributed by atoms with Gasteiger partial charge >= 0.3 is 11.9 Å². The van der Waals surface area contributed by atoms with Crippen LogP contribution < -0.4 is 0 Å². The zero-order valence-electron chi connectivity index (χ0n) is 10.1. The normalized spacial score (nSPS) is 11.5. The number of benzene rings is 1. The van der Waals surface area contributed by atoms with Crippen molar-refractivity contribution in [3.63, 3.8) is 0 Å². The van der Waals surface area contributed by atoms with Gasteiger partial charge in [-0.3, -0.25) is 9.59 Å². The van der Waals surface area contributed by atoms with Crippen LogP contribution in [0.3, 0.4) is 0 Å². The second-order valence-electron chi connectivity index (χ2n) is 4.70. The molecule has 0 aliphatic heterocycles. The lowest BCUT2D eigenvalue weighted by Gasteiger charge is -2.29. The van der Waals surface area contributed by atoms with E-state index in [1.165, 1.54) is 0 Å². The molecule has 2 N–H and O–H groups in total. The van der Waals surface area contributed by atoms with Crippen LogP contribution in [0.5, 0.6) is 0 Å². The van der Waals surface area contributed by atoms with Gasteiger partial charge < -0.3 is 10.2 Å². The van der Waals surface area contributed by atoms with Gasteiger partial charge in [-0.1, -0.05) is 43.7 Å². The first-order valence-corrected chi connectivity index (χ1v) is 5.29. The highest BCUT2D eigenvalue weighted by Gasteiger charge is 2.42. The van der Waals surface area contributed by atoms with E-state index in [1.807, 2.05) is 19.1 Å². The first-order valence-electron chi connectivity index (χ1n) is 5.29. The van der Waals surface area contributed by atoms with Gasteiger partial charge in [0.25, 0.3) is 0 Å². The lowest BCUT2D eigenvalue weighted by Crippen LogP contribution is -2.40. The summed E-state index contributed by atoms with van der Waals surface area (Å²) in [4.78, 5) is 22.1. The van der Waals surface area contributed by atoms with Gasteiger partial charge in [-0.25, -0.2) is 0 Å². The fourth-order valence-corrected chi connectivity index (χ4v) is 1.87. The molecule has 0 aliphatic rings. The third-order valence-corrected chi connectivity index (χ3v) is 3.01. The fraction of sp³-hybridized carbons (Fsp3) is 0.385. The number of carboxylic acid groups (broad SMARTS) is 2. The van der Waals surface area contributed by atoms with Gasteiger partial charge in [-0.05, 0) is 12.5 Å². The Morgan fingerprint density at radius 3 is 1.82 bits per heavy atom. The van der Waals surface area contributed by atoms with Gasteiger partial charge in [0, 0.05) is 5.41 Å². The molecule has 1 aromatic carbocycles. The molecule has 1 rings (SSSR count). The summed E-state index contributed by atoms with van der Waals surface area (Å²) >= 11 is 0. The molecule has 0 saturated heterocycles. The van der Waals surface area contributed by atoms with Gasteiger partial charge in [0.1, 0.15) is 0 Å². The maximum absolute atomic E-state index is 11.0. The molecule has 17 heavy (non-hydrogen) atoms. The van der Waals surface area contributed by atoms with Crippen molar-refractivity contribution in [1.82, 2.24) is 0 Å². The van der Waals surface area contributed by atoms with E-state index in [0.717, 1.165) is 5.56 Å². The summed E-state index contributed by atoms with van der Waals surface area (Å²) in [6.45, 7) is 5.18. The molecule has 4 nitrogen and oxygen atoms in total. The van der Waals surface area contributed by atoms with Crippen LogP contribution >= 0.6 is 0 Å². The van der Waals surface area contributed by atoms with Crippen molar-refractivity contribution in [2.75, 3.05) is 0 Å². The summed E-state index contributed by atoms with van der Waals surface area (Å²) in [5.74, 6) is -4.09. The zero-order valence-corrected chi connectivity index (χ0v) is 10.1. The van der Waals surface area contributed by atoms with Crippen molar-refractivity contribution in [3.8, 4) is 0 Å². The number of aryl methyl sites for hydroxylation is 1. The van der Waals surface area contributed by atoms with Gasteiger partial charge in [-0.15, -0.1) is 0 Å². The molecule has 0 spiro atoms. The molecular formula is C13H16O4. The lowest BCUT2D eigenvalue weighted by molar-refractivity contribution is -0.157. The summed E-state index contributed by atoms with van der Waals surface area (Å²) in [6.07, 6.45) is 0. The molecule has 0 saturated carbocycles. The van der Waals surface area contributed by atoms with Crippen molar-refractivity contribution in [2.45, 2.75) is 26.2 Å².